The number of nitrogens with zero attached hydrogens (tertiary/aromatic N) is 4. The molecule has 3 heterocycles. The molecule has 0 saturated heterocycles. The van der Waals surface area contributed by atoms with E-state index in [0.29, 0.717) is 23.5 Å². The summed E-state index contributed by atoms with van der Waals surface area (Å²) in [7, 11) is 1.49. The van der Waals surface area contributed by atoms with Gasteiger partial charge in [-0.05, 0) is 50.5 Å². The molecule has 1 aliphatic carbocycles. The molecule has 2 N–H and O–H groups in total. The predicted molar refractivity (Wildman–Crippen MR) is 112 cm³/mol. The van der Waals surface area contributed by atoms with Crippen LogP contribution in [0, 0.1) is 6.92 Å². The Morgan fingerprint density at radius 2 is 1.76 bits per heavy atom. The highest BCUT2D eigenvalue weighted by atomic mass is 16.5. The highest BCUT2D eigenvalue weighted by Crippen LogP contribution is 2.25. The first-order valence-corrected chi connectivity index (χ1v) is 9.66. The van der Waals surface area contributed by atoms with Gasteiger partial charge in [-0.25, -0.2) is 9.97 Å². The van der Waals surface area contributed by atoms with Crippen LogP contribution in [0.15, 0.2) is 53.8 Å². The number of methoxy groups -OCH3 is 1. The summed E-state index contributed by atoms with van der Waals surface area (Å²) in [6.07, 6.45) is 10.0. The molecule has 1 fully saturated rings. The first-order valence-electron chi connectivity index (χ1n) is 9.66. The zero-order chi connectivity index (χ0) is 20.2. The van der Waals surface area contributed by atoms with Gasteiger partial charge in [0.25, 0.3) is 5.56 Å². The number of anilines is 2. The van der Waals surface area contributed by atoms with Crippen molar-refractivity contribution >= 4 is 11.6 Å². The molecule has 150 valence electrons. The van der Waals surface area contributed by atoms with Crippen molar-refractivity contribution in [2.75, 3.05) is 17.7 Å². The van der Waals surface area contributed by atoms with Crippen LogP contribution in [0.25, 0.3) is 5.69 Å². The van der Waals surface area contributed by atoms with E-state index in [9.17, 15) is 4.79 Å². The van der Waals surface area contributed by atoms with E-state index < -0.39 is 0 Å². The molecule has 8 nitrogen and oxygen atoms in total. The molecule has 0 aromatic carbocycles. The average Bonchev–Trinajstić information content (AvgIpc) is 3.17. The Balaban J connectivity index is 1.37. The lowest BCUT2D eigenvalue weighted by Gasteiger charge is -2.16. The van der Waals surface area contributed by atoms with Crippen LogP contribution in [0.3, 0.4) is 0 Å². The zero-order valence-corrected chi connectivity index (χ0v) is 16.5. The molecule has 1 saturated carbocycles. The Morgan fingerprint density at radius 1 is 1.00 bits per heavy atom. The topological polar surface area (TPSA) is 94.0 Å². The van der Waals surface area contributed by atoms with Gasteiger partial charge in [-0.1, -0.05) is 0 Å². The summed E-state index contributed by atoms with van der Waals surface area (Å²) in [6.45, 7) is 1.93. The van der Waals surface area contributed by atoms with Crippen molar-refractivity contribution in [2.24, 2.45) is 0 Å². The average molecular weight is 392 g/mol. The van der Waals surface area contributed by atoms with Crippen LogP contribution in [0.1, 0.15) is 25.0 Å². The maximum absolute atomic E-state index is 12.3. The lowest BCUT2D eigenvalue weighted by atomic mass is 10.2. The maximum atomic E-state index is 12.3. The van der Waals surface area contributed by atoms with Crippen molar-refractivity contribution in [3.05, 3.63) is 65.1 Å². The van der Waals surface area contributed by atoms with Gasteiger partial charge in [-0.15, -0.1) is 0 Å². The molecule has 0 spiro atoms. The summed E-state index contributed by atoms with van der Waals surface area (Å²) in [5.41, 5.74) is 1.40. The quantitative estimate of drug-likeness (QED) is 0.666. The number of pyridine rings is 2. The first-order chi connectivity index (χ1) is 14.1. The largest absolute Gasteiger partial charge is 0.491 e. The van der Waals surface area contributed by atoms with Crippen molar-refractivity contribution in [3.8, 4) is 11.4 Å². The number of ether oxygens (including phenoxy) is 1. The molecule has 8 heteroatoms. The van der Waals surface area contributed by atoms with E-state index >= 15 is 0 Å². The molecule has 29 heavy (non-hydrogen) atoms. The van der Waals surface area contributed by atoms with Gasteiger partial charge in [0.2, 0.25) is 0 Å². The molecular formula is C21H24N6O2. The number of aromatic nitrogens is 4. The summed E-state index contributed by atoms with van der Waals surface area (Å²) in [6, 6.07) is 7.89. The standard InChI is InChI=1S/C21H24N6O2/c1-14-11-23-20(13-22-14)26-16-6-5-15(10-16)25-19-8-7-17(12-24-19)27-9-3-4-18(29-2)21(27)28/h3-4,7-9,11-13,15-16H,5-6,10H2,1-2H3,(H,23,26)(H,24,25)/t15?,16-/m0/s1. The van der Waals surface area contributed by atoms with E-state index in [1.165, 1.54) is 11.7 Å². The molecule has 0 bridgehead atoms. The Bertz CT molecular complexity index is 1020. The smallest absolute Gasteiger partial charge is 0.297 e. The second-order valence-corrected chi connectivity index (χ2v) is 7.19. The van der Waals surface area contributed by atoms with Gasteiger partial charge >= 0.3 is 0 Å². The summed E-state index contributed by atoms with van der Waals surface area (Å²) in [5, 5.41) is 6.93. The van der Waals surface area contributed by atoms with Crippen molar-refractivity contribution in [1.82, 2.24) is 19.5 Å². The predicted octanol–water partition coefficient (Wildman–Crippen LogP) is 2.78. The Morgan fingerprint density at radius 3 is 2.41 bits per heavy atom. The molecule has 0 radical (unpaired) electrons. The maximum Gasteiger partial charge on any atom is 0.297 e. The van der Waals surface area contributed by atoms with Gasteiger partial charge in [0.05, 0.1) is 37.1 Å². The van der Waals surface area contributed by atoms with Gasteiger partial charge in [-0.3, -0.25) is 14.3 Å². The fraction of sp³-hybridized carbons (Fsp3) is 0.333. The summed E-state index contributed by atoms with van der Waals surface area (Å²) >= 11 is 0. The third-order valence-electron chi connectivity index (χ3n) is 5.08. The third-order valence-corrected chi connectivity index (χ3v) is 5.08. The van der Waals surface area contributed by atoms with Crippen LogP contribution in [0.5, 0.6) is 5.75 Å². The lowest BCUT2D eigenvalue weighted by Crippen LogP contribution is -2.22. The molecule has 1 aliphatic rings. The normalized spacial score (nSPS) is 18.4. The van der Waals surface area contributed by atoms with E-state index in [0.717, 1.165) is 36.6 Å². The highest BCUT2D eigenvalue weighted by molar-refractivity contribution is 5.43. The van der Waals surface area contributed by atoms with Crippen LogP contribution < -0.4 is 20.9 Å². The molecule has 1 unspecified atom stereocenters. The molecule has 0 amide bonds. The second kappa shape index (κ2) is 8.30. The van der Waals surface area contributed by atoms with Gasteiger partial charge in [0.1, 0.15) is 11.6 Å². The van der Waals surface area contributed by atoms with Crippen molar-refractivity contribution in [1.29, 1.82) is 0 Å². The van der Waals surface area contributed by atoms with E-state index in [1.807, 2.05) is 19.1 Å². The summed E-state index contributed by atoms with van der Waals surface area (Å²) < 4.78 is 6.62. The summed E-state index contributed by atoms with van der Waals surface area (Å²) in [4.78, 5) is 25.5. The third kappa shape index (κ3) is 4.37. The Kier molecular flexibility index (Phi) is 5.41. The zero-order valence-electron chi connectivity index (χ0n) is 16.5. The monoisotopic (exact) mass is 392 g/mol. The van der Waals surface area contributed by atoms with Crippen LogP contribution in [-0.4, -0.2) is 38.7 Å². The Labute approximate surface area is 169 Å². The van der Waals surface area contributed by atoms with Crippen LogP contribution in [0.2, 0.25) is 0 Å². The molecule has 4 rings (SSSR count). The highest BCUT2D eigenvalue weighted by Gasteiger charge is 2.25. The molecular weight excluding hydrogens is 368 g/mol. The van der Waals surface area contributed by atoms with Crippen LogP contribution in [-0.2, 0) is 0 Å². The molecule has 2 atom stereocenters. The molecule has 3 aromatic heterocycles. The Hall–Kier alpha value is -3.42. The van der Waals surface area contributed by atoms with Crippen LogP contribution >= 0.6 is 0 Å². The van der Waals surface area contributed by atoms with Crippen molar-refractivity contribution in [3.63, 3.8) is 0 Å². The van der Waals surface area contributed by atoms with E-state index in [-0.39, 0.29) is 5.56 Å². The lowest BCUT2D eigenvalue weighted by molar-refractivity contribution is 0.406. The van der Waals surface area contributed by atoms with Crippen molar-refractivity contribution in [2.45, 2.75) is 38.3 Å². The van der Waals surface area contributed by atoms with E-state index in [4.69, 9.17) is 4.74 Å². The van der Waals surface area contributed by atoms with Gasteiger partial charge < -0.3 is 15.4 Å². The SMILES string of the molecule is COc1cccn(-c2ccc(NC3CC[C@H](Nc4cnc(C)cn4)C3)nc2)c1=O. The fourth-order valence-electron chi connectivity index (χ4n) is 3.58. The summed E-state index contributed by atoms with van der Waals surface area (Å²) in [5.74, 6) is 1.91. The number of rotatable bonds is 6. The number of hydrogen-bond acceptors (Lipinski definition) is 7. The minimum Gasteiger partial charge on any atom is -0.491 e. The molecule has 0 aliphatic heterocycles. The minimum absolute atomic E-state index is 0.207. The minimum atomic E-state index is -0.207. The number of nitrogens with one attached hydrogen (secondary N) is 2. The van der Waals surface area contributed by atoms with Gasteiger partial charge in [0.15, 0.2) is 5.75 Å². The molecule has 3 aromatic rings. The van der Waals surface area contributed by atoms with E-state index in [2.05, 4.69) is 25.6 Å². The first kappa shape index (κ1) is 18.9. The van der Waals surface area contributed by atoms with E-state index in [1.54, 1.807) is 36.9 Å². The second-order valence-electron chi connectivity index (χ2n) is 7.19. The number of hydrogen-bond donors (Lipinski definition) is 2. The number of aryl methyl sites for hydroxylation is 1. The van der Waals surface area contributed by atoms with Gasteiger partial charge in [-0.2, -0.15) is 0 Å². The van der Waals surface area contributed by atoms with Crippen molar-refractivity contribution < 1.29 is 4.74 Å². The van der Waals surface area contributed by atoms with Crippen LogP contribution in [0.4, 0.5) is 11.6 Å². The van der Waals surface area contributed by atoms with Gasteiger partial charge in [0, 0.05) is 18.3 Å². The fourth-order valence-corrected chi connectivity index (χ4v) is 3.58.